The first-order chi connectivity index (χ1) is 33.2. The number of aromatic hydroxyl groups is 1. The number of hydrogen-bond donors (Lipinski definition) is 1. The molecule has 2 fully saturated rings. The number of hydrogen-bond acceptors (Lipinski definition) is 14. The molecule has 1 spiro atoms. The lowest BCUT2D eigenvalue weighted by molar-refractivity contribution is -0.241. The molecule has 6 aromatic carbocycles. The van der Waals surface area contributed by atoms with Crippen molar-refractivity contribution in [3.05, 3.63) is 184 Å². The van der Waals surface area contributed by atoms with E-state index in [1.807, 2.05) is 30.3 Å². The summed E-state index contributed by atoms with van der Waals surface area (Å²) in [4.78, 5) is 56.5. The topological polar surface area (TPSA) is 175 Å². The van der Waals surface area contributed by atoms with Crippen molar-refractivity contribution in [3.63, 3.8) is 0 Å². The van der Waals surface area contributed by atoms with Gasteiger partial charge in [-0.05, 0) is 73.0 Å². The van der Waals surface area contributed by atoms with E-state index in [4.69, 9.17) is 42.3 Å². The maximum atomic E-state index is 15.0. The molecule has 3 aliphatic rings. The third-order valence-electron chi connectivity index (χ3n) is 12.0. The molecule has 344 valence electrons. The van der Waals surface area contributed by atoms with Gasteiger partial charge in [0, 0.05) is 30.5 Å². The second kappa shape index (κ2) is 19.0. The van der Waals surface area contributed by atoms with E-state index in [1.54, 1.807) is 84.9 Å². The Hall–Kier alpha value is -8.10. The minimum atomic E-state index is -1.72. The van der Waals surface area contributed by atoms with Crippen LogP contribution < -0.4 is 24.4 Å². The van der Waals surface area contributed by atoms with Crippen molar-refractivity contribution >= 4 is 28.9 Å². The monoisotopic (exact) mass is 916 g/mol. The number of esters is 3. The van der Waals surface area contributed by atoms with Crippen LogP contribution in [-0.2, 0) is 25.6 Å². The van der Waals surface area contributed by atoms with Crippen LogP contribution in [0.25, 0.3) is 22.3 Å². The van der Waals surface area contributed by atoms with Crippen LogP contribution in [0.3, 0.4) is 0 Å². The van der Waals surface area contributed by atoms with Gasteiger partial charge in [-0.15, -0.1) is 0 Å². The lowest BCUT2D eigenvalue weighted by atomic mass is 9.94. The van der Waals surface area contributed by atoms with Crippen LogP contribution in [0.1, 0.15) is 68.7 Å². The second-order valence-electron chi connectivity index (χ2n) is 16.6. The Morgan fingerprint density at radius 2 is 1.21 bits per heavy atom. The first-order valence-corrected chi connectivity index (χ1v) is 22.3. The Bertz CT molecular complexity index is 3010. The van der Waals surface area contributed by atoms with Crippen LogP contribution in [-0.4, -0.2) is 60.0 Å². The minimum Gasteiger partial charge on any atom is -0.507 e. The maximum Gasteiger partial charge on any atom is 0.338 e. The number of phenols is 1. The second-order valence-corrected chi connectivity index (χ2v) is 16.6. The van der Waals surface area contributed by atoms with Gasteiger partial charge in [-0.3, -0.25) is 4.79 Å². The van der Waals surface area contributed by atoms with Gasteiger partial charge in [0.1, 0.15) is 29.1 Å². The molecule has 4 atom stereocenters. The summed E-state index contributed by atoms with van der Waals surface area (Å²) < 4.78 is 56.4. The van der Waals surface area contributed by atoms with Crippen LogP contribution in [0.5, 0.6) is 28.7 Å². The highest BCUT2D eigenvalue weighted by Crippen LogP contribution is 2.48. The zero-order valence-corrected chi connectivity index (χ0v) is 36.4. The molecule has 1 saturated heterocycles. The molecule has 2 aliphatic heterocycles. The summed E-state index contributed by atoms with van der Waals surface area (Å²) in [5.74, 6) is -3.21. The lowest BCUT2D eigenvalue weighted by Crippen LogP contribution is -2.59. The fourth-order valence-corrected chi connectivity index (χ4v) is 8.55. The molecule has 0 radical (unpaired) electrons. The molecule has 1 N–H and O–H groups in total. The van der Waals surface area contributed by atoms with E-state index in [0.717, 1.165) is 24.8 Å². The summed E-state index contributed by atoms with van der Waals surface area (Å²) in [6, 6.07) is 41.5. The van der Waals surface area contributed by atoms with Crippen molar-refractivity contribution in [2.75, 3.05) is 6.61 Å². The molecular weight excluding hydrogens is 873 g/mol. The Labute approximate surface area is 389 Å². The fraction of sp³-hybridized carbons (Fsp3) is 0.222. The van der Waals surface area contributed by atoms with Gasteiger partial charge < -0.3 is 47.4 Å². The lowest BCUT2D eigenvalue weighted by Gasteiger charge is -2.40. The van der Waals surface area contributed by atoms with Crippen LogP contribution in [0.15, 0.2) is 161 Å². The smallest absolute Gasteiger partial charge is 0.338 e. The van der Waals surface area contributed by atoms with Gasteiger partial charge in [0.05, 0.1) is 23.3 Å². The number of phenolic OH excluding ortho intramolecular Hbond substituents is 1. The van der Waals surface area contributed by atoms with Crippen LogP contribution >= 0.6 is 0 Å². The molecule has 1 aliphatic carbocycles. The molecule has 14 heteroatoms. The summed E-state index contributed by atoms with van der Waals surface area (Å²) in [6.45, 7) is -0.295. The number of carbonyl (C=O) groups is 3. The van der Waals surface area contributed by atoms with Crippen molar-refractivity contribution in [3.8, 4) is 40.1 Å². The summed E-state index contributed by atoms with van der Waals surface area (Å²) in [7, 11) is 0. The van der Waals surface area contributed by atoms with Crippen LogP contribution in [0.4, 0.5) is 0 Å². The zero-order chi connectivity index (χ0) is 46.6. The van der Waals surface area contributed by atoms with E-state index in [1.165, 1.54) is 36.4 Å². The highest BCUT2D eigenvalue weighted by atomic mass is 16.7. The van der Waals surface area contributed by atoms with E-state index >= 15 is 0 Å². The largest absolute Gasteiger partial charge is 0.507 e. The van der Waals surface area contributed by atoms with Crippen molar-refractivity contribution in [1.29, 1.82) is 0 Å². The SMILES string of the molecule is O=C(O[C@@H]1[C@@H](OC(=O)c2ccccc2)[C@H](Oc2c(-c3ccc4c(c3)OC3(CCCCC3)O4)oc3cc(OCc4ccccc4)cc(O)c3c2=O)OC[C@@H]1OC(=O)c1ccccc1)c1ccccc1. The quantitative estimate of drug-likeness (QED) is 0.0906. The van der Waals surface area contributed by atoms with Crippen LogP contribution in [0.2, 0.25) is 0 Å². The Morgan fingerprint density at radius 1 is 0.632 bits per heavy atom. The molecule has 1 aromatic heterocycles. The van der Waals surface area contributed by atoms with Gasteiger partial charge in [-0.1, -0.05) is 91.3 Å². The van der Waals surface area contributed by atoms with Crippen molar-refractivity contribution < 1.29 is 61.8 Å². The molecular formula is C54H44O14. The predicted octanol–water partition coefficient (Wildman–Crippen LogP) is 9.59. The number of ether oxygens (including phenoxy) is 8. The number of fused-ring (bicyclic) bond motifs is 2. The highest BCUT2D eigenvalue weighted by Gasteiger charge is 2.50. The first-order valence-electron chi connectivity index (χ1n) is 22.3. The normalized spacial score (nSPS) is 19.2. The molecule has 1 saturated carbocycles. The maximum absolute atomic E-state index is 15.0. The predicted molar refractivity (Wildman–Crippen MR) is 245 cm³/mol. The summed E-state index contributed by atoms with van der Waals surface area (Å²) in [5, 5.41) is 11.3. The highest BCUT2D eigenvalue weighted by molar-refractivity contribution is 5.92. The standard InChI is InChI=1S/C54H44O14/c55-39-29-38(60-31-33-16-6-1-7-17-33)30-42-44(39)45(56)48(46(62-42)37-24-25-40-41(28-37)68-54(67-40)26-14-5-15-27-54)66-53-49(65-52(59)36-22-12-4-13-23-36)47(64-51(58)35-20-10-3-11-21-35)43(32-61-53)63-50(57)34-18-8-2-9-19-34/h1-4,6-13,16-25,28-30,43,47,49,53,55H,5,14-15,26-27,31-32H2/t43-,47-,49+,53-/m0/s1. The van der Waals surface area contributed by atoms with Gasteiger partial charge >= 0.3 is 17.9 Å². The molecule has 0 bridgehead atoms. The third kappa shape index (κ3) is 9.18. The Morgan fingerprint density at radius 3 is 1.84 bits per heavy atom. The summed E-state index contributed by atoms with van der Waals surface area (Å²) >= 11 is 0. The molecule has 7 aromatic rings. The summed E-state index contributed by atoms with van der Waals surface area (Å²) in [6.07, 6.45) is -2.05. The van der Waals surface area contributed by atoms with Gasteiger partial charge in [-0.25, -0.2) is 14.4 Å². The number of carbonyl (C=O) groups excluding carboxylic acids is 3. The average Bonchev–Trinajstić information content (AvgIpc) is 3.72. The zero-order valence-electron chi connectivity index (χ0n) is 36.4. The number of rotatable bonds is 12. The van der Waals surface area contributed by atoms with E-state index < -0.39 is 71.8 Å². The van der Waals surface area contributed by atoms with Crippen molar-refractivity contribution in [2.45, 2.75) is 69.1 Å². The third-order valence-corrected chi connectivity index (χ3v) is 12.0. The average molecular weight is 917 g/mol. The van der Waals surface area contributed by atoms with E-state index in [-0.39, 0.29) is 45.8 Å². The number of benzene rings is 6. The van der Waals surface area contributed by atoms with Crippen molar-refractivity contribution in [2.24, 2.45) is 0 Å². The van der Waals surface area contributed by atoms with E-state index in [2.05, 4.69) is 0 Å². The summed E-state index contributed by atoms with van der Waals surface area (Å²) in [5.41, 5.74) is 0.786. The molecule has 10 rings (SSSR count). The Kier molecular flexibility index (Phi) is 12.2. The minimum absolute atomic E-state index is 0.0407. The molecule has 68 heavy (non-hydrogen) atoms. The van der Waals surface area contributed by atoms with E-state index in [9.17, 15) is 24.3 Å². The molecule has 14 nitrogen and oxygen atoms in total. The molecule has 0 amide bonds. The first kappa shape index (κ1) is 43.8. The van der Waals surface area contributed by atoms with E-state index in [0.29, 0.717) is 29.9 Å². The van der Waals surface area contributed by atoms with Crippen LogP contribution in [0, 0.1) is 0 Å². The molecule has 0 unspecified atom stereocenters. The van der Waals surface area contributed by atoms with Gasteiger partial charge in [0.2, 0.25) is 23.6 Å². The Balaban J connectivity index is 1.07. The fourth-order valence-electron chi connectivity index (χ4n) is 8.55. The van der Waals surface area contributed by atoms with Gasteiger partial charge in [0.25, 0.3) is 5.79 Å². The van der Waals surface area contributed by atoms with Crippen molar-refractivity contribution in [1.82, 2.24) is 0 Å². The van der Waals surface area contributed by atoms with Gasteiger partial charge in [0.15, 0.2) is 29.5 Å². The molecule has 3 heterocycles. The van der Waals surface area contributed by atoms with Gasteiger partial charge in [-0.2, -0.15) is 0 Å².